The average molecular weight is 298 g/mol. The molecular weight excluding hydrogens is 254 g/mol. The zero-order valence-electron chi connectivity index (χ0n) is 15.4. The third kappa shape index (κ3) is 16.2. The fourth-order valence-electron chi connectivity index (χ4n) is 2.99. The Morgan fingerprint density at radius 1 is 0.619 bits per heavy atom. The topological polar surface area (TPSA) is 12.0 Å². The second-order valence-corrected chi connectivity index (χ2v) is 6.80. The van der Waals surface area contributed by atoms with E-state index >= 15 is 0 Å². The van der Waals surface area contributed by atoms with Crippen molar-refractivity contribution in [3.63, 3.8) is 0 Å². The van der Waals surface area contributed by atoms with Gasteiger partial charge in [0.25, 0.3) is 0 Å². The van der Waals surface area contributed by atoms with Crippen molar-refractivity contribution in [3.05, 3.63) is 0 Å². The lowest BCUT2D eigenvalue weighted by atomic mass is 9.99. The van der Waals surface area contributed by atoms with Gasteiger partial charge in [0, 0.05) is 0 Å². The van der Waals surface area contributed by atoms with Gasteiger partial charge in [0.2, 0.25) is 0 Å². The molecule has 128 valence electrons. The van der Waals surface area contributed by atoms with E-state index in [0.717, 1.165) is 5.92 Å². The summed E-state index contributed by atoms with van der Waals surface area (Å²) in [5.74, 6) is 0.910. The minimum absolute atomic E-state index is 0.910. The smallest absolute Gasteiger partial charge is 0.00206 e. The molecule has 0 aromatic carbocycles. The first kappa shape index (κ1) is 21.0. The first-order chi connectivity index (χ1) is 10.3. The van der Waals surface area contributed by atoms with Crippen LogP contribution in [0.15, 0.2) is 0 Å². The van der Waals surface area contributed by atoms with E-state index in [1.54, 1.807) is 0 Å². The van der Waals surface area contributed by atoms with Gasteiger partial charge in [-0.25, -0.2) is 0 Å². The summed E-state index contributed by atoms with van der Waals surface area (Å²) in [7, 11) is 0. The maximum Gasteiger partial charge on any atom is -0.00206 e. The molecule has 0 spiro atoms. The van der Waals surface area contributed by atoms with Gasteiger partial charge in [-0.15, -0.1) is 0 Å². The van der Waals surface area contributed by atoms with Crippen LogP contribution in [0.3, 0.4) is 0 Å². The number of hydrogen-bond donors (Lipinski definition) is 1. The summed E-state index contributed by atoms with van der Waals surface area (Å²) in [6.07, 6.45) is 19.8. The predicted octanol–water partition coefficient (Wildman–Crippen LogP) is 6.71. The first-order valence-electron chi connectivity index (χ1n) is 10.1. The van der Waals surface area contributed by atoms with Crippen molar-refractivity contribution in [3.8, 4) is 0 Å². The molecule has 0 amide bonds. The molecule has 0 aromatic rings. The lowest BCUT2D eigenvalue weighted by Crippen LogP contribution is -2.23. The molecule has 1 nitrogen and oxygen atoms in total. The largest absolute Gasteiger partial charge is 0.316 e. The van der Waals surface area contributed by atoms with Gasteiger partial charge in [0.1, 0.15) is 0 Å². The van der Waals surface area contributed by atoms with Crippen LogP contribution in [0.2, 0.25) is 0 Å². The van der Waals surface area contributed by atoms with Crippen molar-refractivity contribution in [1.29, 1.82) is 0 Å². The van der Waals surface area contributed by atoms with Crippen molar-refractivity contribution in [2.45, 2.75) is 111 Å². The second kappa shape index (κ2) is 18.0. The maximum absolute atomic E-state index is 3.67. The van der Waals surface area contributed by atoms with E-state index in [4.69, 9.17) is 0 Å². The summed E-state index contributed by atoms with van der Waals surface area (Å²) in [5.41, 5.74) is 0. The van der Waals surface area contributed by atoms with Crippen LogP contribution in [-0.4, -0.2) is 13.1 Å². The molecule has 0 aliphatic carbocycles. The summed E-state index contributed by atoms with van der Waals surface area (Å²) in [4.78, 5) is 0. The Balaban J connectivity index is 3.14. The summed E-state index contributed by atoms with van der Waals surface area (Å²) in [5, 5.41) is 3.67. The minimum Gasteiger partial charge on any atom is -0.316 e. The molecule has 0 radical (unpaired) electrons. The molecule has 0 aliphatic rings. The highest BCUT2D eigenvalue weighted by Gasteiger charge is 2.04. The van der Waals surface area contributed by atoms with Crippen LogP contribution in [0, 0.1) is 5.92 Å². The number of nitrogens with one attached hydrogen (secondary N) is 1. The number of hydrogen-bond acceptors (Lipinski definition) is 1. The van der Waals surface area contributed by atoms with E-state index < -0.39 is 0 Å². The van der Waals surface area contributed by atoms with Crippen molar-refractivity contribution < 1.29 is 0 Å². The highest BCUT2D eigenvalue weighted by molar-refractivity contribution is 4.61. The van der Waals surface area contributed by atoms with Crippen LogP contribution in [0.25, 0.3) is 0 Å². The van der Waals surface area contributed by atoms with E-state index in [1.165, 1.54) is 103 Å². The zero-order valence-corrected chi connectivity index (χ0v) is 15.4. The predicted molar refractivity (Wildman–Crippen MR) is 98.0 cm³/mol. The average Bonchev–Trinajstić information content (AvgIpc) is 2.51. The monoisotopic (exact) mass is 297 g/mol. The molecule has 21 heavy (non-hydrogen) atoms. The molecule has 0 fully saturated rings. The third-order valence-corrected chi connectivity index (χ3v) is 4.68. The van der Waals surface area contributed by atoms with Crippen LogP contribution in [-0.2, 0) is 0 Å². The molecule has 0 saturated heterocycles. The zero-order chi connectivity index (χ0) is 15.6. The highest BCUT2D eigenvalue weighted by Crippen LogP contribution is 2.12. The SMILES string of the molecule is CCCCCCCCCCCCNCC(CC)CCCC. The van der Waals surface area contributed by atoms with Gasteiger partial charge in [0.05, 0.1) is 0 Å². The van der Waals surface area contributed by atoms with E-state index in [1.807, 2.05) is 0 Å². The van der Waals surface area contributed by atoms with Gasteiger partial charge in [-0.2, -0.15) is 0 Å². The Hall–Kier alpha value is -0.0400. The molecular formula is C20H43N. The number of rotatable bonds is 17. The Morgan fingerprint density at radius 3 is 1.67 bits per heavy atom. The highest BCUT2D eigenvalue weighted by atomic mass is 14.8. The molecule has 0 bridgehead atoms. The summed E-state index contributed by atoms with van der Waals surface area (Å²) < 4.78 is 0. The van der Waals surface area contributed by atoms with Gasteiger partial charge in [-0.3, -0.25) is 0 Å². The molecule has 0 aromatic heterocycles. The van der Waals surface area contributed by atoms with Gasteiger partial charge in [0.15, 0.2) is 0 Å². The molecule has 0 aliphatic heterocycles. The molecule has 0 rings (SSSR count). The quantitative estimate of drug-likeness (QED) is 0.294. The van der Waals surface area contributed by atoms with Gasteiger partial charge < -0.3 is 5.32 Å². The summed E-state index contributed by atoms with van der Waals surface area (Å²) >= 11 is 0. The van der Waals surface area contributed by atoms with E-state index in [2.05, 4.69) is 26.1 Å². The third-order valence-electron chi connectivity index (χ3n) is 4.68. The van der Waals surface area contributed by atoms with Gasteiger partial charge in [-0.1, -0.05) is 97.8 Å². The fraction of sp³-hybridized carbons (Fsp3) is 1.00. The van der Waals surface area contributed by atoms with Crippen LogP contribution in [0.1, 0.15) is 111 Å². The van der Waals surface area contributed by atoms with Crippen LogP contribution in [0.4, 0.5) is 0 Å². The van der Waals surface area contributed by atoms with Crippen LogP contribution in [0.5, 0.6) is 0 Å². The molecule has 1 atom stereocenters. The van der Waals surface area contributed by atoms with E-state index in [0.29, 0.717) is 0 Å². The van der Waals surface area contributed by atoms with Gasteiger partial charge in [-0.05, 0) is 31.8 Å². The Kier molecular flexibility index (Phi) is 18.0. The fourth-order valence-corrected chi connectivity index (χ4v) is 2.99. The second-order valence-electron chi connectivity index (χ2n) is 6.80. The van der Waals surface area contributed by atoms with E-state index in [9.17, 15) is 0 Å². The molecule has 0 saturated carbocycles. The van der Waals surface area contributed by atoms with Crippen molar-refractivity contribution in [1.82, 2.24) is 5.32 Å². The van der Waals surface area contributed by atoms with Crippen molar-refractivity contribution in [2.24, 2.45) is 5.92 Å². The van der Waals surface area contributed by atoms with Crippen LogP contribution < -0.4 is 5.32 Å². The lowest BCUT2D eigenvalue weighted by molar-refractivity contribution is 0.415. The Morgan fingerprint density at radius 2 is 1.14 bits per heavy atom. The minimum atomic E-state index is 0.910. The number of unbranched alkanes of at least 4 members (excludes halogenated alkanes) is 10. The molecule has 1 unspecified atom stereocenters. The van der Waals surface area contributed by atoms with Gasteiger partial charge >= 0.3 is 0 Å². The Bertz CT molecular complexity index is 179. The van der Waals surface area contributed by atoms with E-state index in [-0.39, 0.29) is 0 Å². The molecule has 1 N–H and O–H groups in total. The standard InChI is InChI=1S/C20H43N/c1-4-7-9-10-11-12-13-14-15-16-18-21-19-20(6-3)17-8-5-2/h20-21H,4-19H2,1-3H3. The first-order valence-corrected chi connectivity index (χ1v) is 10.1. The Labute approximate surface area is 135 Å². The summed E-state index contributed by atoms with van der Waals surface area (Å²) in [6, 6.07) is 0. The molecule has 0 heterocycles. The molecule has 1 heteroatoms. The maximum atomic E-state index is 3.67. The summed E-state index contributed by atoms with van der Waals surface area (Å²) in [6.45, 7) is 9.40. The van der Waals surface area contributed by atoms with Crippen molar-refractivity contribution >= 4 is 0 Å². The van der Waals surface area contributed by atoms with Crippen LogP contribution >= 0.6 is 0 Å². The normalized spacial score (nSPS) is 12.7. The van der Waals surface area contributed by atoms with Crippen molar-refractivity contribution in [2.75, 3.05) is 13.1 Å². The lowest BCUT2D eigenvalue weighted by Gasteiger charge is -2.15.